The van der Waals surface area contributed by atoms with Crippen molar-refractivity contribution in [2.24, 2.45) is 5.84 Å². The molecule has 0 bridgehead atoms. The molecule has 20 heavy (non-hydrogen) atoms. The Balaban J connectivity index is 2.13. The minimum absolute atomic E-state index is 0.209. The Morgan fingerprint density at radius 2 is 2.15 bits per heavy atom. The molecule has 110 valence electrons. The molecular formula is C14H17F3N2O. The normalized spacial score (nSPS) is 17.3. The van der Waals surface area contributed by atoms with Gasteiger partial charge < -0.3 is 4.74 Å². The molecule has 0 aromatic heterocycles. The van der Waals surface area contributed by atoms with E-state index >= 15 is 0 Å². The van der Waals surface area contributed by atoms with Gasteiger partial charge in [-0.2, -0.15) is 13.2 Å². The minimum atomic E-state index is -4.32. The molecule has 0 fully saturated rings. The van der Waals surface area contributed by atoms with Gasteiger partial charge in [0.05, 0.1) is 18.4 Å². The number of hydrazine groups is 1. The number of nitrogens with two attached hydrogens (primary N) is 1. The number of nitrogens with one attached hydrogen (secondary N) is 1. The summed E-state index contributed by atoms with van der Waals surface area (Å²) in [5.74, 6) is 5.51. The van der Waals surface area contributed by atoms with Crippen molar-refractivity contribution in [1.29, 1.82) is 0 Å². The third kappa shape index (κ3) is 3.74. The van der Waals surface area contributed by atoms with Gasteiger partial charge in [0.1, 0.15) is 0 Å². The maximum absolute atomic E-state index is 12.7. The van der Waals surface area contributed by atoms with Crippen molar-refractivity contribution in [3.63, 3.8) is 0 Å². The molecule has 3 N–H and O–H groups in total. The molecule has 1 aliphatic rings. The fraction of sp³-hybridized carbons (Fsp3) is 0.429. The number of hydrogen-bond donors (Lipinski definition) is 2. The SMILES string of the molecule is NNC(Cc1cccc(C(F)(F)F)c1)C1=COCCC1. The molecule has 1 aromatic rings. The Morgan fingerprint density at radius 1 is 1.35 bits per heavy atom. The second kappa shape index (κ2) is 6.28. The third-order valence-electron chi connectivity index (χ3n) is 3.31. The lowest BCUT2D eigenvalue weighted by Gasteiger charge is -2.23. The van der Waals surface area contributed by atoms with Crippen molar-refractivity contribution < 1.29 is 17.9 Å². The van der Waals surface area contributed by atoms with Crippen LogP contribution in [0, 0.1) is 0 Å². The second-order valence-electron chi connectivity index (χ2n) is 4.79. The molecule has 3 nitrogen and oxygen atoms in total. The van der Waals surface area contributed by atoms with Gasteiger partial charge in [-0.25, -0.2) is 0 Å². The highest BCUT2D eigenvalue weighted by Crippen LogP contribution is 2.30. The van der Waals surface area contributed by atoms with Crippen LogP contribution in [0.2, 0.25) is 0 Å². The summed E-state index contributed by atoms with van der Waals surface area (Å²) in [4.78, 5) is 0. The molecule has 0 radical (unpaired) electrons. The van der Waals surface area contributed by atoms with Crippen LogP contribution >= 0.6 is 0 Å². The zero-order valence-electron chi connectivity index (χ0n) is 10.9. The van der Waals surface area contributed by atoms with Crippen molar-refractivity contribution in [2.45, 2.75) is 31.5 Å². The van der Waals surface area contributed by atoms with Crippen molar-refractivity contribution in [3.8, 4) is 0 Å². The van der Waals surface area contributed by atoms with Gasteiger partial charge in [-0.3, -0.25) is 11.3 Å². The fourth-order valence-electron chi connectivity index (χ4n) is 2.25. The van der Waals surface area contributed by atoms with E-state index in [9.17, 15) is 13.2 Å². The van der Waals surface area contributed by atoms with Gasteiger partial charge >= 0.3 is 6.18 Å². The molecule has 1 aromatic carbocycles. The topological polar surface area (TPSA) is 47.3 Å². The Kier molecular flexibility index (Phi) is 4.67. The number of benzene rings is 1. The van der Waals surface area contributed by atoms with E-state index in [2.05, 4.69) is 5.43 Å². The molecule has 0 amide bonds. The predicted octanol–water partition coefficient (Wildman–Crippen LogP) is 2.77. The van der Waals surface area contributed by atoms with Gasteiger partial charge in [-0.15, -0.1) is 0 Å². The molecule has 1 unspecified atom stereocenters. The van der Waals surface area contributed by atoms with E-state index in [1.54, 1.807) is 12.3 Å². The largest absolute Gasteiger partial charge is 0.501 e. The van der Waals surface area contributed by atoms with Crippen LogP contribution < -0.4 is 11.3 Å². The Morgan fingerprint density at radius 3 is 2.75 bits per heavy atom. The summed E-state index contributed by atoms with van der Waals surface area (Å²) in [6, 6.07) is 5.10. The minimum Gasteiger partial charge on any atom is -0.501 e. The average Bonchev–Trinajstić information content (AvgIpc) is 2.45. The maximum atomic E-state index is 12.7. The zero-order chi connectivity index (χ0) is 14.6. The van der Waals surface area contributed by atoms with E-state index < -0.39 is 11.7 Å². The van der Waals surface area contributed by atoms with Crippen LogP contribution in [0.3, 0.4) is 0 Å². The quantitative estimate of drug-likeness (QED) is 0.661. The number of alkyl halides is 3. The lowest BCUT2D eigenvalue weighted by atomic mass is 9.95. The Hall–Kier alpha value is -1.53. The molecule has 6 heteroatoms. The number of hydrogen-bond acceptors (Lipinski definition) is 3. The van der Waals surface area contributed by atoms with Crippen molar-refractivity contribution in [1.82, 2.24) is 5.43 Å². The molecular weight excluding hydrogens is 269 g/mol. The Labute approximate surface area is 115 Å². The van der Waals surface area contributed by atoms with Crippen LogP contribution in [0.4, 0.5) is 13.2 Å². The number of ether oxygens (including phenoxy) is 1. The molecule has 0 aliphatic carbocycles. The molecule has 2 rings (SSSR count). The van der Waals surface area contributed by atoms with Crippen molar-refractivity contribution in [2.75, 3.05) is 6.61 Å². The molecule has 1 atom stereocenters. The van der Waals surface area contributed by atoms with Crippen LogP contribution in [0.1, 0.15) is 24.0 Å². The summed E-state index contributed by atoms with van der Waals surface area (Å²) < 4.78 is 43.3. The van der Waals surface area contributed by atoms with Crippen LogP contribution in [-0.4, -0.2) is 12.6 Å². The third-order valence-corrected chi connectivity index (χ3v) is 3.31. The van der Waals surface area contributed by atoms with Gasteiger partial charge in [0.15, 0.2) is 0 Å². The van der Waals surface area contributed by atoms with Crippen LogP contribution in [0.5, 0.6) is 0 Å². The van der Waals surface area contributed by atoms with Gasteiger partial charge in [0.2, 0.25) is 0 Å². The first kappa shape index (κ1) is 14.9. The van der Waals surface area contributed by atoms with Gasteiger partial charge in [0.25, 0.3) is 0 Å². The van der Waals surface area contributed by atoms with Crippen LogP contribution in [0.15, 0.2) is 36.1 Å². The summed E-state index contributed by atoms with van der Waals surface area (Å²) in [6.07, 6.45) is -0.535. The zero-order valence-corrected chi connectivity index (χ0v) is 10.9. The number of halogens is 3. The first-order valence-electron chi connectivity index (χ1n) is 6.43. The molecule has 0 saturated heterocycles. The fourth-order valence-corrected chi connectivity index (χ4v) is 2.25. The smallest absolute Gasteiger partial charge is 0.416 e. The lowest BCUT2D eigenvalue weighted by molar-refractivity contribution is -0.137. The predicted molar refractivity (Wildman–Crippen MR) is 69.5 cm³/mol. The average molecular weight is 286 g/mol. The highest BCUT2D eigenvalue weighted by atomic mass is 19.4. The summed E-state index contributed by atoms with van der Waals surface area (Å²) in [5, 5.41) is 0. The van der Waals surface area contributed by atoms with Crippen LogP contribution in [-0.2, 0) is 17.3 Å². The molecule has 0 saturated carbocycles. The number of rotatable bonds is 4. The first-order chi connectivity index (χ1) is 9.50. The second-order valence-corrected chi connectivity index (χ2v) is 4.79. The van der Waals surface area contributed by atoms with E-state index in [0.29, 0.717) is 18.6 Å². The van der Waals surface area contributed by atoms with Crippen molar-refractivity contribution >= 4 is 0 Å². The monoisotopic (exact) mass is 286 g/mol. The summed E-state index contributed by atoms with van der Waals surface area (Å²) in [5.41, 5.74) is 3.58. The van der Waals surface area contributed by atoms with Gasteiger partial charge in [-0.1, -0.05) is 18.2 Å². The van der Waals surface area contributed by atoms with E-state index in [1.807, 2.05) is 0 Å². The molecule has 1 aliphatic heterocycles. The summed E-state index contributed by atoms with van der Waals surface area (Å²) in [6.45, 7) is 0.671. The maximum Gasteiger partial charge on any atom is 0.416 e. The highest BCUT2D eigenvalue weighted by molar-refractivity contribution is 5.28. The molecule has 1 heterocycles. The lowest BCUT2D eigenvalue weighted by Crippen LogP contribution is -2.39. The van der Waals surface area contributed by atoms with Gasteiger partial charge in [0, 0.05) is 6.04 Å². The summed E-state index contributed by atoms with van der Waals surface area (Å²) >= 11 is 0. The first-order valence-corrected chi connectivity index (χ1v) is 6.43. The summed E-state index contributed by atoms with van der Waals surface area (Å²) in [7, 11) is 0. The highest BCUT2D eigenvalue weighted by Gasteiger charge is 2.30. The van der Waals surface area contributed by atoms with Gasteiger partial charge in [-0.05, 0) is 36.5 Å². The van der Waals surface area contributed by atoms with Crippen LogP contribution in [0.25, 0.3) is 0 Å². The van der Waals surface area contributed by atoms with E-state index in [-0.39, 0.29) is 6.04 Å². The molecule has 0 spiro atoms. The Bertz CT molecular complexity index is 486. The van der Waals surface area contributed by atoms with E-state index in [0.717, 1.165) is 30.5 Å². The van der Waals surface area contributed by atoms with Crippen molar-refractivity contribution in [3.05, 3.63) is 47.2 Å². The van der Waals surface area contributed by atoms with E-state index in [1.165, 1.54) is 6.07 Å². The standard InChI is InChI=1S/C14H17F3N2O/c15-14(16,17)12-5-1-3-10(7-12)8-13(19-18)11-4-2-6-20-9-11/h1,3,5,7,9,13,19H,2,4,6,8,18H2. The van der Waals surface area contributed by atoms with E-state index in [4.69, 9.17) is 10.6 Å².